The third-order valence-corrected chi connectivity index (χ3v) is 4.56. The monoisotopic (exact) mass is 338 g/mol. The van der Waals surface area contributed by atoms with Crippen LogP contribution in [-0.2, 0) is 13.1 Å². The highest BCUT2D eigenvalue weighted by atomic mass is 19.3. The molecule has 1 saturated carbocycles. The molecule has 0 aromatic carbocycles. The van der Waals surface area contributed by atoms with Crippen LogP contribution in [0, 0.1) is 19.8 Å². The standard InChI is InChI=1S/C17H21F3N4/c1-11-10-24(23-15(11)9-18)16-21-12(2)7-14(22-16)8-13-3-5-17(19,20)6-4-13/h7,10,13H,3-6,8-9H2,1-2H3. The van der Waals surface area contributed by atoms with E-state index in [1.165, 1.54) is 4.68 Å². The minimum absolute atomic E-state index is 0.0488. The fourth-order valence-electron chi connectivity index (χ4n) is 3.15. The molecule has 4 nitrogen and oxygen atoms in total. The van der Waals surface area contributed by atoms with Gasteiger partial charge in [0.2, 0.25) is 5.92 Å². The van der Waals surface area contributed by atoms with Gasteiger partial charge in [-0.05, 0) is 50.7 Å². The molecule has 7 heteroatoms. The normalized spacial score (nSPS) is 18.0. The molecule has 1 fully saturated rings. The molecule has 0 unspecified atom stereocenters. The molecule has 24 heavy (non-hydrogen) atoms. The second-order valence-corrected chi connectivity index (χ2v) is 6.64. The van der Waals surface area contributed by atoms with Gasteiger partial charge in [-0.3, -0.25) is 0 Å². The van der Waals surface area contributed by atoms with Crippen molar-refractivity contribution in [2.75, 3.05) is 0 Å². The predicted octanol–water partition coefficient (Wildman–Crippen LogP) is 4.12. The maximum Gasteiger partial charge on any atom is 0.250 e. The number of hydrogen-bond acceptors (Lipinski definition) is 3. The van der Waals surface area contributed by atoms with Gasteiger partial charge in [0.1, 0.15) is 6.67 Å². The second-order valence-electron chi connectivity index (χ2n) is 6.64. The van der Waals surface area contributed by atoms with Crippen LogP contribution in [0.1, 0.15) is 48.3 Å². The molecule has 0 N–H and O–H groups in total. The van der Waals surface area contributed by atoms with Crippen LogP contribution in [0.15, 0.2) is 12.3 Å². The van der Waals surface area contributed by atoms with Gasteiger partial charge < -0.3 is 0 Å². The third-order valence-electron chi connectivity index (χ3n) is 4.56. The van der Waals surface area contributed by atoms with Crippen molar-refractivity contribution in [2.24, 2.45) is 5.92 Å². The summed E-state index contributed by atoms with van der Waals surface area (Å²) < 4.78 is 40.9. The van der Waals surface area contributed by atoms with Gasteiger partial charge in [-0.1, -0.05) is 0 Å². The van der Waals surface area contributed by atoms with Crippen molar-refractivity contribution in [3.63, 3.8) is 0 Å². The second kappa shape index (κ2) is 6.53. The van der Waals surface area contributed by atoms with Gasteiger partial charge in [-0.15, -0.1) is 0 Å². The molecule has 130 valence electrons. The van der Waals surface area contributed by atoms with E-state index in [-0.39, 0.29) is 18.8 Å². The Morgan fingerprint density at radius 3 is 2.54 bits per heavy atom. The summed E-state index contributed by atoms with van der Waals surface area (Å²) in [6.07, 6.45) is 3.29. The van der Waals surface area contributed by atoms with Crippen molar-refractivity contribution in [2.45, 2.75) is 58.5 Å². The van der Waals surface area contributed by atoms with Crippen LogP contribution in [0.25, 0.3) is 5.95 Å². The molecule has 0 amide bonds. The van der Waals surface area contributed by atoms with Gasteiger partial charge in [0.25, 0.3) is 5.95 Å². The Labute approximate surface area is 139 Å². The summed E-state index contributed by atoms with van der Waals surface area (Å²) in [5, 5.41) is 4.16. The smallest absolute Gasteiger partial charge is 0.244 e. The van der Waals surface area contributed by atoms with E-state index >= 15 is 0 Å². The van der Waals surface area contributed by atoms with Crippen LogP contribution in [0.5, 0.6) is 0 Å². The first-order chi connectivity index (χ1) is 11.4. The molecule has 1 aliphatic carbocycles. The van der Waals surface area contributed by atoms with Gasteiger partial charge >= 0.3 is 0 Å². The topological polar surface area (TPSA) is 43.6 Å². The lowest BCUT2D eigenvalue weighted by atomic mass is 9.84. The number of halogens is 3. The summed E-state index contributed by atoms with van der Waals surface area (Å²) in [4.78, 5) is 8.86. The summed E-state index contributed by atoms with van der Waals surface area (Å²) in [5.74, 6) is -1.90. The number of aromatic nitrogens is 4. The Bertz CT molecular complexity index is 717. The fraction of sp³-hybridized carbons (Fsp3) is 0.588. The van der Waals surface area contributed by atoms with Gasteiger partial charge in [0, 0.05) is 30.4 Å². The third kappa shape index (κ3) is 3.76. The van der Waals surface area contributed by atoms with E-state index in [0.29, 0.717) is 30.9 Å². The van der Waals surface area contributed by atoms with Crippen LogP contribution < -0.4 is 0 Å². The zero-order chi connectivity index (χ0) is 17.3. The van der Waals surface area contributed by atoms with Crippen molar-refractivity contribution < 1.29 is 13.2 Å². The zero-order valence-corrected chi connectivity index (χ0v) is 13.9. The molecule has 0 radical (unpaired) electrons. The summed E-state index contributed by atoms with van der Waals surface area (Å²) in [7, 11) is 0. The van der Waals surface area contributed by atoms with Crippen molar-refractivity contribution in [1.82, 2.24) is 19.7 Å². The molecule has 0 atom stereocenters. The fourth-order valence-corrected chi connectivity index (χ4v) is 3.15. The lowest BCUT2D eigenvalue weighted by molar-refractivity contribution is -0.0457. The minimum atomic E-state index is -2.52. The number of nitrogens with zero attached hydrogens (tertiary/aromatic N) is 4. The molecule has 0 spiro atoms. The van der Waals surface area contributed by atoms with E-state index in [2.05, 4.69) is 15.1 Å². The van der Waals surface area contributed by atoms with Crippen LogP contribution in [0.2, 0.25) is 0 Å². The summed E-state index contributed by atoms with van der Waals surface area (Å²) >= 11 is 0. The van der Waals surface area contributed by atoms with Crippen molar-refractivity contribution in [3.8, 4) is 5.95 Å². The Hall–Kier alpha value is -1.92. The van der Waals surface area contributed by atoms with Crippen LogP contribution in [0.4, 0.5) is 13.2 Å². The molecule has 2 heterocycles. The predicted molar refractivity (Wildman–Crippen MR) is 84.0 cm³/mol. The van der Waals surface area contributed by atoms with Gasteiger partial charge in [0.05, 0.1) is 5.69 Å². The largest absolute Gasteiger partial charge is 0.250 e. The quantitative estimate of drug-likeness (QED) is 0.842. The zero-order valence-electron chi connectivity index (χ0n) is 13.9. The molecule has 2 aromatic heterocycles. The van der Waals surface area contributed by atoms with Crippen LogP contribution in [-0.4, -0.2) is 25.7 Å². The first kappa shape index (κ1) is 16.9. The van der Waals surface area contributed by atoms with E-state index in [4.69, 9.17) is 0 Å². The average molecular weight is 338 g/mol. The highest BCUT2D eigenvalue weighted by molar-refractivity contribution is 5.23. The highest BCUT2D eigenvalue weighted by Crippen LogP contribution is 2.37. The average Bonchev–Trinajstić information content (AvgIpc) is 2.90. The molecule has 0 bridgehead atoms. The van der Waals surface area contributed by atoms with Crippen molar-refractivity contribution in [1.29, 1.82) is 0 Å². The first-order valence-electron chi connectivity index (χ1n) is 8.20. The molecule has 0 saturated heterocycles. The Morgan fingerprint density at radius 1 is 1.21 bits per heavy atom. The maximum absolute atomic E-state index is 13.3. The van der Waals surface area contributed by atoms with E-state index in [0.717, 1.165) is 17.0 Å². The summed E-state index contributed by atoms with van der Waals surface area (Å²) in [6.45, 7) is 3.02. The van der Waals surface area contributed by atoms with E-state index < -0.39 is 12.6 Å². The van der Waals surface area contributed by atoms with Crippen LogP contribution in [0.3, 0.4) is 0 Å². The molecule has 0 aliphatic heterocycles. The van der Waals surface area contributed by atoms with E-state index in [1.54, 1.807) is 13.1 Å². The summed E-state index contributed by atoms with van der Waals surface area (Å²) in [5.41, 5.74) is 2.73. The van der Waals surface area contributed by atoms with E-state index in [9.17, 15) is 13.2 Å². The molecule has 2 aromatic rings. The number of aryl methyl sites for hydroxylation is 2. The molecule has 1 aliphatic rings. The SMILES string of the molecule is Cc1cc(CC2CCC(F)(F)CC2)nc(-n2cc(C)c(CF)n2)n1. The molecular formula is C17H21F3N4. The van der Waals surface area contributed by atoms with Gasteiger partial charge in [0.15, 0.2) is 0 Å². The lowest BCUT2D eigenvalue weighted by Crippen LogP contribution is -2.25. The minimum Gasteiger partial charge on any atom is -0.244 e. The number of alkyl halides is 3. The molecular weight excluding hydrogens is 317 g/mol. The van der Waals surface area contributed by atoms with E-state index in [1.807, 2.05) is 13.0 Å². The lowest BCUT2D eigenvalue weighted by Gasteiger charge is -2.28. The Kier molecular flexibility index (Phi) is 4.60. The maximum atomic E-state index is 13.3. The summed E-state index contributed by atoms with van der Waals surface area (Å²) in [6, 6.07) is 1.88. The first-order valence-corrected chi connectivity index (χ1v) is 8.20. The Balaban J connectivity index is 1.79. The van der Waals surface area contributed by atoms with Crippen molar-refractivity contribution in [3.05, 3.63) is 34.9 Å². The van der Waals surface area contributed by atoms with Crippen molar-refractivity contribution >= 4 is 0 Å². The van der Waals surface area contributed by atoms with Gasteiger partial charge in [-0.25, -0.2) is 27.8 Å². The van der Waals surface area contributed by atoms with Crippen LogP contribution >= 0.6 is 0 Å². The Morgan fingerprint density at radius 2 is 1.92 bits per heavy atom. The number of hydrogen-bond donors (Lipinski definition) is 0. The van der Waals surface area contributed by atoms with Gasteiger partial charge in [-0.2, -0.15) is 5.10 Å². The highest BCUT2D eigenvalue weighted by Gasteiger charge is 2.34. The molecule has 3 rings (SSSR count). The number of rotatable bonds is 4.